The summed E-state index contributed by atoms with van der Waals surface area (Å²) in [6, 6.07) is 14.9. The minimum atomic E-state index is -0.0751. The van der Waals surface area contributed by atoms with Crippen LogP contribution in [-0.4, -0.2) is 44.4 Å². The average Bonchev–Trinajstić information content (AvgIpc) is 3.17. The molecule has 5 rings (SSSR count). The van der Waals surface area contributed by atoms with Crippen molar-refractivity contribution in [3.05, 3.63) is 83.4 Å². The summed E-state index contributed by atoms with van der Waals surface area (Å²) in [5, 5.41) is 8.84. The van der Waals surface area contributed by atoms with Crippen molar-refractivity contribution in [2.45, 2.75) is 26.5 Å². The van der Waals surface area contributed by atoms with E-state index in [0.717, 1.165) is 42.0 Å². The number of ether oxygens (including phenoxy) is 1. The summed E-state index contributed by atoms with van der Waals surface area (Å²) in [6.45, 7) is 7.67. The first-order valence-corrected chi connectivity index (χ1v) is 10.3. The van der Waals surface area contributed by atoms with Crippen LogP contribution >= 0.6 is 0 Å². The lowest BCUT2D eigenvalue weighted by atomic mass is 10.1. The molecule has 30 heavy (non-hydrogen) atoms. The lowest BCUT2D eigenvalue weighted by Gasteiger charge is -2.32. The van der Waals surface area contributed by atoms with Crippen molar-refractivity contribution in [2.24, 2.45) is 0 Å². The van der Waals surface area contributed by atoms with Crippen LogP contribution in [0.25, 0.3) is 16.6 Å². The van der Waals surface area contributed by atoms with Gasteiger partial charge in [0.05, 0.1) is 12.1 Å². The second kappa shape index (κ2) is 7.97. The molecule has 0 amide bonds. The highest BCUT2D eigenvalue weighted by atomic mass is 16.5. The lowest BCUT2D eigenvalue weighted by Crippen LogP contribution is -2.38. The minimum absolute atomic E-state index is 0.0751. The van der Waals surface area contributed by atoms with E-state index < -0.39 is 0 Å². The molecule has 0 spiro atoms. The van der Waals surface area contributed by atoms with Crippen molar-refractivity contribution in [3.63, 3.8) is 0 Å². The highest BCUT2D eigenvalue weighted by molar-refractivity contribution is 5.65. The van der Waals surface area contributed by atoms with Gasteiger partial charge >= 0.3 is 0 Å². The average molecular weight is 399 g/mol. The van der Waals surface area contributed by atoms with E-state index in [2.05, 4.69) is 64.4 Å². The maximum atomic E-state index is 6.09. The maximum Gasteiger partial charge on any atom is 0.121 e. The molecule has 152 valence electrons. The van der Waals surface area contributed by atoms with Gasteiger partial charge in [0.25, 0.3) is 0 Å². The largest absolute Gasteiger partial charge is 0.369 e. The summed E-state index contributed by atoms with van der Waals surface area (Å²) < 4.78 is 7.94. The number of benzene rings is 1. The molecule has 1 aliphatic heterocycles. The molecule has 4 heterocycles. The molecule has 1 aromatic carbocycles. The third-order valence-electron chi connectivity index (χ3n) is 5.60. The van der Waals surface area contributed by atoms with Gasteiger partial charge in [-0.25, -0.2) is 4.52 Å². The smallest absolute Gasteiger partial charge is 0.121 e. The second-order valence-corrected chi connectivity index (χ2v) is 8.05. The first-order chi connectivity index (χ1) is 14.7. The van der Waals surface area contributed by atoms with Gasteiger partial charge in [-0.3, -0.25) is 9.88 Å². The van der Waals surface area contributed by atoms with Gasteiger partial charge in [-0.1, -0.05) is 40.6 Å². The first-order valence-electron chi connectivity index (χ1n) is 10.3. The van der Waals surface area contributed by atoms with Crippen molar-refractivity contribution in [3.8, 4) is 11.1 Å². The normalized spacial score (nSPS) is 17.5. The summed E-state index contributed by atoms with van der Waals surface area (Å²) in [6.07, 6.45) is 5.53. The summed E-state index contributed by atoms with van der Waals surface area (Å²) in [5.41, 5.74) is 8.06. The van der Waals surface area contributed by atoms with Crippen molar-refractivity contribution < 1.29 is 4.74 Å². The summed E-state index contributed by atoms with van der Waals surface area (Å²) in [4.78, 5) is 6.53. The van der Waals surface area contributed by atoms with Gasteiger partial charge in [0.2, 0.25) is 0 Å². The number of fused-ring (bicyclic) bond motifs is 1. The number of rotatable bonds is 4. The second-order valence-electron chi connectivity index (χ2n) is 8.05. The zero-order chi connectivity index (χ0) is 20.5. The van der Waals surface area contributed by atoms with E-state index in [1.165, 1.54) is 16.7 Å². The van der Waals surface area contributed by atoms with Crippen LogP contribution in [-0.2, 0) is 11.3 Å². The number of morpholine rings is 1. The van der Waals surface area contributed by atoms with Crippen LogP contribution in [0.5, 0.6) is 0 Å². The molecule has 1 atom stereocenters. The van der Waals surface area contributed by atoms with Gasteiger partial charge < -0.3 is 4.74 Å². The zero-order valence-corrected chi connectivity index (χ0v) is 17.3. The fraction of sp³-hybridized carbons (Fsp3) is 0.292. The molecule has 1 fully saturated rings. The predicted molar refractivity (Wildman–Crippen MR) is 116 cm³/mol. The quantitative estimate of drug-likeness (QED) is 0.520. The fourth-order valence-electron chi connectivity index (χ4n) is 4.29. The van der Waals surface area contributed by atoms with Crippen LogP contribution in [0.2, 0.25) is 0 Å². The number of nitrogens with zero attached hydrogens (tertiary/aromatic N) is 5. The molecule has 0 aliphatic carbocycles. The SMILES string of the molecule is Cc1cc(C)cc(CN2CCO[C@H](c3nnn4cc(-c5ccncc5)ccc34)C2)c1. The van der Waals surface area contributed by atoms with Crippen molar-refractivity contribution in [2.75, 3.05) is 19.7 Å². The van der Waals surface area contributed by atoms with E-state index >= 15 is 0 Å². The van der Waals surface area contributed by atoms with Crippen molar-refractivity contribution >= 4 is 5.52 Å². The molecular weight excluding hydrogens is 374 g/mol. The van der Waals surface area contributed by atoms with Crippen LogP contribution in [0.4, 0.5) is 0 Å². The Bertz CT molecular complexity index is 1150. The Morgan fingerprint density at radius 2 is 1.80 bits per heavy atom. The molecule has 1 aliphatic rings. The van der Waals surface area contributed by atoms with Crippen LogP contribution in [0.1, 0.15) is 28.5 Å². The Morgan fingerprint density at radius 3 is 2.60 bits per heavy atom. The van der Waals surface area contributed by atoms with Gasteiger partial charge in [0.1, 0.15) is 11.8 Å². The molecule has 0 saturated carbocycles. The predicted octanol–water partition coefficient (Wildman–Crippen LogP) is 3.98. The van der Waals surface area contributed by atoms with E-state index in [9.17, 15) is 0 Å². The summed E-state index contributed by atoms with van der Waals surface area (Å²) in [7, 11) is 0. The lowest BCUT2D eigenvalue weighted by molar-refractivity contribution is -0.0343. The van der Waals surface area contributed by atoms with E-state index in [-0.39, 0.29) is 6.10 Å². The van der Waals surface area contributed by atoms with Gasteiger partial charge in [-0.15, -0.1) is 5.10 Å². The highest BCUT2D eigenvalue weighted by Gasteiger charge is 2.26. The Morgan fingerprint density at radius 1 is 1.00 bits per heavy atom. The Labute approximate surface area is 176 Å². The van der Waals surface area contributed by atoms with Crippen LogP contribution in [0, 0.1) is 13.8 Å². The van der Waals surface area contributed by atoms with Crippen molar-refractivity contribution in [1.82, 2.24) is 24.7 Å². The third kappa shape index (κ3) is 3.84. The van der Waals surface area contributed by atoms with E-state index in [1.54, 1.807) is 12.4 Å². The molecular formula is C24H25N5O. The number of hydrogen-bond donors (Lipinski definition) is 0. The molecule has 3 aromatic heterocycles. The van der Waals surface area contributed by atoms with Gasteiger partial charge in [-0.2, -0.15) is 0 Å². The molecule has 0 bridgehead atoms. The van der Waals surface area contributed by atoms with E-state index in [0.29, 0.717) is 6.61 Å². The maximum absolute atomic E-state index is 6.09. The molecule has 0 radical (unpaired) electrons. The van der Waals surface area contributed by atoms with Gasteiger partial charge in [0, 0.05) is 43.8 Å². The molecule has 1 saturated heterocycles. The summed E-state index contributed by atoms with van der Waals surface area (Å²) >= 11 is 0. The van der Waals surface area contributed by atoms with Crippen LogP contribution < -0.4 is 0 Å². The number of pyridine rings is 2. The van der Waals surface area contributed by atoms with E-state index in [4.69, 9.17) is 4.74 Å². The Hall–Kier alpha value is -3.09. The zero-order valence-electron chi connectivity index (χ0n) is 17.3. The molecule has 6 nitrogen and oxygen atoms in total. The number of aryl methyl sites for hydroxylation is 2. The monoisotopic (exact) mass is 399 g/mol. The fourth-order valence-corrected chi connectivity index (χ4v) is 4.29. The molecule has 4 aromatic rings. The molecule has 6 heteroatoms. The van der Waals surface area contributed by atoms with E-state index in [1.807, 2.05) is 22.8 Å². The topological polar surface area (TPSA) is 55.5 Å². The molecule has 0 N–H and O–H groups in total. The van der Waals surface area contributed by atoms with Gasteiger partial charge in [-0.05, 0) is 43.2 Å². The first kappa shape index (κ1) is 18.9. The summed E-state index contributed by atoms with van der Waals surface area (Å²) in [5.74, 6) is 0. The van der Waals surface area contributed by atoms with Gasteiger partial charge in [0.15, 0.2) is 0 Å². The van der Waals surface area contributed by atoms with Crippen LogP contribution in [0.15, 0.2) is 61.1 Å². The Kier molecular flexibility index (Phi) is 5.02. The van der Waals surface area contributed by atoms with Crippen molar-refractivity contribution in [1.29, 1.82) is 0 Å². The minimum Gasteiger partial charge on any atom is -0.369 e. The third-order valence-corrected chi connectivity index (χ3v) is 5.60. The molecule has 0 unspecified atom stereocenters. The number of aromatic nitrogens is 4. The van der Waals surface area contributed by atoms with Crippen LogP contribution in [0.3, 0.4) is 0 Å². The Balaban J connectivity index is 1.37. The standard InChI is InChI=1S/C24H25N5O/c1-17-11-18(2)13-19(12-17)14-28-9-10-30-23(16-28)24-22-4-3-21(15-29(22)27-26-24)20-5-7-25-8-6-20/h3-8,11-13,15,23H,9-10,14,16H2,1-2H3/t23-/m0/s1. The highest BCUT2D eigenvalue weighted by Crippen LogP contribution is 2.27. The number of hydrogen-bond acceptors (Lipinski definition) is 5.